The third-order valence-corrected chi connectivity index (χ3v) is 3.17. The van der Waals surface area contributed by atoms with Crippen LogP contribution in [0.3, 0.4) is 0 Å². The first-order chi connectivity index (χ1) is 9.22. The molecule has 96 valence electrons. The molecule has 1 aliphatic rings. The van der Waals surface area contributed by atoms with E-state index in [0.29, 0.717) is 11.4 Å². The summed E-state index contributed by atoms with van der Waals surface area (Å²) in [7, 11) is 0. The zero-order valence-electron chi connectivity index (χ0n) is 10.6. The Morgan fingerprint density at radius 2 is 2.05 bits per heavy atom. The van der Waals surface area contributed by atoms with E-state index in [2.05, 4.69) is 16.4 Å². The van der Waals surface area contributed by atoms with E-state index in [9.17, 15) is 4.79 Å². The number of carbonyl (C=O) groups is 1. The summed E-state index contributed by atoms with van der Waals surface area (Å²) < 4.78 is 5.69. The molecule has 0 fully saturated rings. The van der Waals surface area contributed by atoms with Crippen molar-refractivity contribution in [1.29, 1.82) is 0 Å². The summed E-state index contributed by atoms with van der Waals surface area (Å²) >= 11 is 0. The first-order valence-corrected chi connectivity index (χ1v) is 6.20. The minimum absolute atomic E-state index is 0.00246. The maximum Gasteiger partial charge on any atom is 0.219 e. The largest absolute Gasteiger partial charge is 0.439 e. The molecule has 0 radical (unpaired) electrons. The normalized spacial score (nSPS) is 13.1. The van der Waals surface area contributed by atoms with Crippen LogP contribution < -0.4 is 10.1 Å². The summed E-state index contributed by atoms with van der Waals surface area (Å²) in [6.07, 6.45) is 1.53. The predicted octanol–water partition coefficient (Wildman–Crippen LogP) is 2.68. The molecule has 1 N–H and O–H groups in total. The number of ether oxygens (including phenoxy) is 1. The maximum atomic E-state index is 11.2. The van der Waals surface area contributed by atoms with Crippen molar-refractivity contribution >= 4 is 5.78 Å². The summed E-state index contributed by atoms with van der Waals surface area (Å²) in [5.74, 6) is 1.27. The van der Waals surface area contributed by atoms with Gasteiger partial charge in [0.15, 0.2) is 5.78 Å². The van der Waals surface area contributed by atoms with E-state index in [4.69, 9.17) is 4.74 Å². The second kappa shape index (κ2) is 4.82. The number of fused-ring (bicyclic) bond motifs is 1. The van der Waals surface area contributed by atoms with Gasteiger partial charge in [-0.25, -0.2) is 4.98 Å². The number of nitrogens with zero attached hydrogens (tertiary/aromatic N) is 1. The highest BCUT2D eigenvalue weighted by molar-refractivity contribution is 5.93. The second-order valence-corrected chi connectivity index (χ2v) is 4.58. The number of nitrogens with one attached hydrogen (secondary N) is 1. The van der Waals surface area contributed by atoms with Crippen LogP contribution in [0.4, 0.5) is 0 Å². The smallest absolute Gasteiger partial charge is 0.219 e. The number of ketones is 1. The Morgan fingerprint density at radius 3 is 2.79 bits per heavy atom. The zero-order valence-corrected chi connectivity index (χ0v) is 10.6. The molecule has 1 aromatic heterocycles. The predicted molar refractivity (Wildman–Crippen MR) is 71.3 cm³/mol. The van der Waals surface area contributed by atoms with Gasteiger partial charge in [-0.1, -0.05) is 6.07 Å². The van der Waals surface area contributed by atoms with Crippen molar-refractivity contribution in [3.8, 4) is 11.6 Å². The third kappa shape index (κ3) is 2.48. The van der Waals surface area contributed by atoms with Gasteiger partial charge < -0.3 is 10.1 Å². The number of aromatic nitrogens is 1. The maximum absolute atomic E-state index is 11.2. The molecule has 0 aliphatic carbocycles. The molecule has 0 amide bonds. The Labute approximate surface area is 111 Å². The molecule has 1 aromatic carbocycles. The molecule has 0 unspecified atom stereocenters. The first-order valence-electron chi connectivity index (χ1n) is 6.20. The molecule has 0 atom stereocenters. The molecule has 3 rings (SSSR count). The quantitative estimate of drug-likeness (QED) is 0.856. The number of rotatable bonds is 3. The minimum atomic E-state index is 0.00246. The number of carbonyl (C=O) groups excluding carboxylic acids is 1. The molecule has 2 aromatic rings. The van der Waals surface area contributed by atoms with Crippen LogP contribution in [0.25, 0.3) is 0 Å². The lowest BCUT2D eigenvalue weighted by atomic mass is 10.1. The van der Waals surface area contributed by atoms with E-state index in [1.165, 1.54) is 24.2 Å². The van der Waals surface area contributed by atoms with Gasteiger partial charge in [0, 0.05) is 30.9 Å². The number of Topliss-reactive ketones (excluding diaryl/α,β-unsaturated/α-hetero) is 1. The van der Waals surface area contributed by atoms with Gasteiger partial charge in [-0.2, -0.15) is 0 Å². The zero-order chi connectivity index (χ0) is 13.2. The van der Waals surface area contributed by atoms with Crippen molar-refractivity contribution in [2.24, 2.45) is 0 Å². The highest BCUT2D eigenvalue weighted by Crippen LogP contribution is 2.25. The highest BCUT2D eigenvalue weighted by Gasteiger charge is 2.11. The lowest BCUT2D eigenvalue weighted by molar-refractivity contribution is 0.101. The number of hydrogen-bond acceptors (Lipinski definition) is 4. The van der Waals surface area contributed by atoms with Crippen molar-refractivity contribution in [3.63, 3.8) is 0 Å². The molecule has 0 saturated heterocycles. The van der Waals surface area contributed by atoms with Gasteiger partial charge in [0.25, 0.3) is 0 Å². The van der Waals surface area contributed by atoms with Gasteiger partial charge in [-0.05, 0) is 36.2 Å². The molecule has 0 spiro atoms. The molecule has 4 nitrogen and oxygen atoms in total. The van der Waals surface area contributed by atoms with E-state index < -0.39 is 0 Å². The van der Waals surface area contributed by atoms with Crippen molar-refractivity contribution in [2.45, 2.75) is 20.0 Å². The average molecular weight is 254 g/mol. The average Bonchev–Trinajstić information content (AvgIpc) is 2.87. The Kier molecular flexibility index (Phi) is 3.01. The molecular weight excluding hydrogens is 240 g/mol. The second-order valence-electron chi connectivity index (χ2n) is 4.58. The van der Waals surface area contributed by atoms with Gasteiger partial charge in [0.05, 0.1) is 0 Å². The van der Waals surface area contributed by atoms with Crippen molar-refractivity contribution < 1.29 is 9.53 Å². The first kappa shape index (κ1) is 11.9. The molecule has 19 heavy (non-hydrogen) atoms. The van der Waals surface area contributed by atoms with Crippen LogP contribution in [0.2, 0.25) is 0 Å². The van der Waals surface area contributed by atoms with Gasteiger partial charge >= 0.3 is 0 Å². The summed E-state index contributed by atoms with van der Waals surface area (Å²) in [6, 6.07) is 9.46. The van der Waals surface area contributed by atoms with E-state index in [-0.39, 0.29) is 5.78 Å². The monoisotopic (exact) mass is 254 g/mol. The van der Waals surface area contributed by atoms with Gasteiger partial charge in [0.1, 0.15) is 5.75 Å². The van der Waals surface area contributed by atoms with Gasteiger partial charge in [-0.3, -0.25) is 4.79 Å². The molecular formula is C15H14N2O2. The minimum Gasteiger partial charge on any atom is -0.439 e. The van der Waals surface area contributed by atoms with E-state index in [0.717, 1.165) is 18.8 Å². The van der Waals surface area contributed by atoms with Gasteiger partial charge in [-0.15, -0.1) is 0 Å². The van der Waals surface area contributed by atoms with Crippen molar-refractivity contribution in [1.82, 2.24) is 10.3 Å². The summed E-state index contributed by atoms with van der Waals surface area (Å²) in [5.41, 5.74) is 3.16. The molecule has 0 saturated carbocycles. The Hall–Kier alpha value is -2.20. The lowest BCUT2D eigenvalue weighted by Gasteiger charge is -2.06. The van der Waals surface area contributed by atoms with E-state index in [1.54, 1.807) is 12.1 Å². The van der Waals surface area contributed by atoms with Crippen LogP contribution in [0.5, 0.6) is 11.6 Å². The van der Waals surface area contributed by atoms with Crippen LogP contribution in [0.15, 0.2) is 36.5 Å². The number of hydrogen-bond donors (Lipinski definition) is 1. The molecule has 1 aliphatic heterocycles. The van der Waals surface area contributed by atoms with Crippen LogP contribution in [0, 0.1) is 0 Å². The fourth-order valence-electron chi connectivity index (χ4n) is 2.10. The molecule has 4 heteroatoms. The fourth-order valence-corrected chi connectivity index (χ4v) is 2.10. The van der Waals surface area contributed by atoms with Crippen molar-refractivity contribution in [2.75, 3.05) is 0 Å². The lowest BCUT2D eigenvalue weighted by Crippen LogP contribution is -1.99. The summed E-state index contributed by atoms with van der Waals surface area (Å²) in [6.45, 7) is 3.31. The SMILES string of the molecule is CC(=O)c1ccc(Oc2ccc3c(c2)CNC3)nc1. The van der Waals surface area contributed by atoms with Gasteiger partial charge in [0.2, 0.25) is 5.88 Å². The fraction of sp³-hybridized carbons (Fsp3) is 0.200. The Balaban J connectivity index is 1.79. The van der Waals surface area contributed by atoms with Crippen molar-refractivity contribution in [3.05, 3.63) is 53.2 Å². The molecule has 2 heterocycles. The number of pyridine rings is 1. The molecule has 0 bridgehead atoms. The third-order valence-electron chi connectivity index (χ3n) is 3.17. The number of benzene rings is 1. The Bertz CT molecular complexity index is 621. The van der Waals surface area contributed by atoms with E-state index >= 15 is 0 Å². The standard InChI is InChI=1S/C15H14N2O2/c1-10(18)11-3-5-15(17-9-11)19-14-4-2-12-7-16-8-13(12)6-14/h2-6,9,16H,7-8H2,1H3. The van der Waals surface area contributed by atoms with Crippen LogP contribution in [0.1, 0.15) is 28.4 Å². The van der Waals surface area contributed by atoms with Crippen LogP contribution in [-0.4, -0.2) is 10.8 Å². The topological polar surface area (TPSA) is 51.2 Å². The van der Waals surface area contributed by atoms with Crippen LogP contribution >= 0.6 is 0 Å². The summed E-state index contributed by atoms with van der Waals surface area (Å²) in [4.78, 5) is 15.3. The summed E-state index contributed by atoms with van der Waals surface area (Å²) in [5, 5.41) is 3.29. The van der Waals surface area contributed by atoms with E-state index in [1.807, 2.05) is 12.1 Å². The highest BCUT2D eigenvalue weighted by atomic mass is 16.5. The Morgan fingerprint density at radius 1 is 1.21 bits per heavy atom. The van der Waals surface area contributed by atoms with Crippen LogP contribution in [-0.2, 0) is 13.1 Å².